The lowest BCUT2D eigenvalue weighted by molar-refractivity contribution is 0.0383. The van der Waals surface area contributed by atoms with Gasteiger partial charge in [-0.2, -0.15) is 5.10 Å². The smallest absolute Gasteiger partial charge is 0.252 e. The van der Waals surface area contributed by atoms with Crippen LogP contribution in [0.15, 0.2) is 30.6 Å². The molecule has 1 fully saturated rings. The minimum Gasteiger partial charge on any atom is -0.379 e. The molecular weight excluding hydrogens is 320 g/mol. The van der Waals surface area contributed by atoms with E-state index in [0.717, 1.165) is 55.3 Å². The van der Waals surface area contributed by atoms with Gasteiger partial charge in [0.25, 0.3) is 5.91 Å². The molecule has 0 spiro atoms. The van der Waals surface area contributed by atoms with E-state index in [1.807, 2.05) is 18.2 Å². The van der Waals surface area contributed by atoms with Crippen molar-refractivity contribution in [1.29, 1.82) is 0 Å². The van der Waals surface area contributed by atoms with Gasteiger partial charge in [-0.15, -0.1) is 0 Å². The first-order chi connectivity index (χ1) is 12.3. The van der Waals surface area contributed by atoms with Crippen LogP contribution < -0.4 is 5.32 Å². The Kier molecular flexibility index (Phi) is 4.45. The first-order valence-corrected chi connectivity index (χ1v) is 8.37. The maximum absolute atomic E-state index is 12.3. The summed E-state index contributed by atoms with van der Waals surface area (Å²) in [5, 5.41) is 11.1. The molecule has 8 heteroatoms. The molecule has 0 saturated carbocycles. The van der Waals surface area contributed by atoms with Crippen LogP contribution in [-0.4, -0.2) is 70.4 Å². The van der Waals surface area contributed by atoms with Gasteiger partial charge in [0.05, 0.1) is 24.5 Å². The standard InChI is InChI=1S/C17H20N6O2/c24-17(19-4-5-23-6-8-25-9-7-23)12-10-14(20-11-12)15-13-2-1-3-18-16(13)22-21-15/h1-3,10-11,20H,4-9H2,(H,19,24)(H,18,21,22). The maximum Gasteiger partial charge on any atom is 0.252 e. The van der Waals surface area contributed by atoms with Crippen LogP contribution in [0, 0.1) is 0 Å². The lowest BCUT2D eigenvalue weighted by Gasteiger charge is -2.26. The van der Waals surface area contributed by atoms with Crippen molar-refractivity contribution in [2.75, 3.05) is 39.4 Å². The number of aromatic nitrogens is 4. The third kappa shape index (κ3) is 3.40. The molecule has 8 nitrogen and oxygen atoms in total. The minimum atomic E-state index is -0.0891. The predicted molar refractivity (Wildman–Crippen MR) is 93.3 cm³/mol. The molecule has 1 aliphatic heterocycles. The molecule has 130 valence electrons. The number of aromatic amines is 2. The van der Waals surface area contributed by atoms with E-state index in [4.69, 9.17) is 4.74 Å². The fourth-order valence-corrected chi connectivity index (χ4v) is 2.98. The van der Waals surface area contributed by atoms with Gasteiger partial charge in [-0.05, 0) is 18.2 Å². The summed E-state index contributed by atoms with van der Waals surface area (Å²) in [4.78, 5) is 22.0. The number of H-pyrrole nitrogens is 2. The third-order valence-corrected chi connectivity index (χ3v) is 4.35. The molecule has 0 aliphatic carbocycles. The molecular formula is C17H20N6O2. The molecule has 4 heterocycles. The highest BCUT2D eigenvalue weighted by molar-refractivity contribution is 5.97. The van der Waals surface area contributed by atoms with Crippen molar-refractivity contribution in [3.63, 3.8) is 0 Å². The maximum atomic E-state index is 12.3. The highest BCUT2D eigenvalue weighted by Gasteiger charge is 2.14. The molecule has 0 bridgehead atoms. The molecule has 1 amide bonds. The number of amides is 1. The van der Waals surface area contributed by atoms with Crippen LogP contribution in [0.2, 0.25) is 0 Å². The second-order valence-electron chi connectivity index (χ2n) is 5.98. The van der Waals surface area contributed by atoms with Crippen molar-refractivity contribution in [2.24, 2.45) is 0 Å². The Bertz CT molecular complexity index is 865. The molecule has 4 rings (SSSR count). The zero-order valence-corrected chi connectivity index (χ0v) is 13.8. The molecule has 3 N–H and O–H groups in total. The fraction of sp³-hybridized carbons (Fsp3) is 0.353. The summed E-state index contributed by atoms with van der Waals surface area (Å²) in [5.41, 5.74) is 2.87. The van der Waals surface area contributed by atoms with Crippen molar-refractivity contribution in [3.8, 4) is 11.4 Å². The predicted octanol–water partition coefficient (Wildman–Crippen LogP) is 1.02. The molecule has 0 unspecified atom stereocenters. The van der Waals surface area contributed by atoms with Crippen LogP contribution in [0.3, 0.4) is 0 Å². The number of nitrogens with one attached hydrogen (secondary N) is 3. The Morgan fingerprint density at radius 2 is 2.24 bits per heavy atom. The van der Waals surface area contributed by atoms with E-state index in [0.29, 0.717) is 12.1 Å². The van der Waals surface area contributed by atoms with Gasteiger partial charge in [-0.25, -0.2) is 4.98 Å². The summed E-state index contributed by atoms with van der Waals surface area (Å²) in [6, 6.07) is 5.63. The summed E-state index contributed by atoms with van der Waals surface area (Å²) in [6.07, 6.45) is 3.42. The Morgan fingerprint density at radius 3 is 3.12 bits per heavy atom. The Hall–Kier alpha value is -2.71. The highest BCUT2D eigenvalue weighted by Crippen LogP contribution is 2.24. The van der Waals surface area contributed by atoms with Crippen molar-refractivity contribution in [2.45, 2.75) is 0 Å². The Morgan fingerprint density at radius 1 is 1.36 bits per heavy atom. The number of nitrogens with zero attached hydrogens (tertiary/aromatic N) is 3. The van der Waals surface area contributed by atoms with Crippen molar-refractivity contribution < 1.29 is 9.53 Å². The normalized spacial score (nSPS) is 15.5. The number of hydrogen-bond donors (Lipinski definition) is 3. The topological polar surface area (TPSA) is 98.9 Å². The summed E-state index contributed by atoms with van der Waals surface area (Å²) in [7, 11) is 0. The van der Waals surface area contributed by atoms with E-state index in [2.05, 4.69) is 30.4 Å². The van der Waals surface area contributed by atoms with Crippen LogP contribution in [0.5, 0.6) is 0 Å². The Balaban J connectivity index is 1.39. The second-order valence-corrected chi connectivity index (χ2v) is 5.98. The van der Waals surface area contributed by atoms with E-state index < -0.39 is 0 Å². The minimum absolute atomic E-state index is 0.0891. The molecule has 1 aliphatic rings. The van der Waals surface area contributed by atoms with Crippen LogP contribution in [-0.2, 0) is 4.74 Å². The van der Waals surface area contributed by atoms with Crippen LogP contribution in [0.25, 0.3) is 22.4 Å². The lowest BCUT2D eigenvalue weighted by atomic mass is 10.2. The summed E-state index contributed by atoms with van der Waals surface area (Å²) in [5.74, 6) is -0.0891. The second kappa shape index (κ2) is 7.04. The highest BCUT2D eigenvalue weighted by atomic mass is 16.5. The van der Waals surface area contributed by atoms with Crippen molar-refractivity contribution >= 4 is 16.9 Å². The molecule has 3 aromatic heterocycles. The number of fused-ring (bicyclic) bond motifs is 1. The van der Waals surface area contributed by atoms with Gasteiger partial charge < -0.3 is 15.0 Å². The molecule has 0 atom stereocenters. The van der Waals surface area contributed by atoms with Gasteiger partial charge in [0.2, 0.25) is 0 Å². The van der Waals surface area contributed by atoms with E-state index >= 15 is 0 Å². The number of carbonyl (C=O) groups is 1. The number of rotatable bonds is 5. The Labute approximate surface area is 144 Å². The monoisotopic (exact) mass is 340 g/mol. The first kappa shape index (κ1) is 15.8. The summed E-state index contributed by atoms with van der Waals surface area (Å²) >= 11 is 0. The quantitative estimate of drug-likeness (QED) is 0.644. The van der Waals surface area contributed by atoms with E-state index in [1.54, 1.807) is 12.4 Å². The van der Waals surface area contributed by atoms with Gasteiger partial charge >= 0.3 is 0 Å². The zero-order valence-electron chi connectivity index (χ0n) is 13.8. The summed E-state index contributed by atoms with van der Waals surface area (Å²) in [6.45, 7) is 4.83. The number of morpholine rings is 1. The number of pyridine rings is 1. The van der Waals surface area contributed by atoms with Crippen LogP contribution in [0.4, 0.5) is 0 Å². The van der Waals surface area contributed by atoms with Gasteiger partial charge in [0.1, 0.15) is 5.69 Å². The largest absolute Gasteiger partial charge is 0.379 e. The van der Waals surface area contributed by atoms with Crippen LogP contribution >= 0.6 is 0 Å². The average Bonchev–Trinajstić information content (AvgIpc) is 3.29. The van der Waals surface area contributed by atoms with Gasteiger partial charge in [-0.1, -0.05) is 0 Å². The fourth-order valence-electron chi connectivity index (χ4n) is 2.98. The lowest BCUT2D eigenvalue weighted by Crippen LogP contribution is -2.41. The number of carbonyl (C=O) groups excluding carboxylic acids is 1. The van der Waals surface area contributed by atoms with Gasteiger partial charge in [-0.3, -0.25) is 14.8 Å². The molecule has 0 aromatic carbocycles. The number of hydrogen-bond acceptors (Lipinski definition) is 5. The van der Waals surface area contributed by atoms with E-state index in [1.165, 1.54) is 0 Å². The van der Waals surface area contributed by atoms with Gasteiger partial charge in [0, 0.05) is 44.0 Å². The summed E-state index contributed by atoms with van der Waals surface area (Å²) < 4.78 is 5.32. The SMILES string of the molecule is O=C(NCCN1CCOCC1)c1c[nH]c(-c2n[nH]c3ncccc23)c1. The average molecular weight is 340 g/mol. The first-order valence-electron chi connectivity index (χ1n) is 8.37. The third-order valence-electron chi connectivity index (χ3n) is 4.35. The molecule has 3 aromatic rings. The van der Waals surface area contributed by atoms with Gasteiger partial charge in [0.15, 0.2) is 5.65 Å². The van der Waals surface area contributed by atoms with E-state index in [9.17, 15) is 4.79 Å². The zero-order chi connectivity index (χ0) is 17.1. The molecule has 1 saturated heterocycles. The van der Waals surface area contributed by atoms with E-state index in [-0.39, 0.29) is 5.91 Å². The van der Waals surface area contributed by atoms with Crippen molar-refractivity contribution in [3.05, 3.63) is 36.2 Å². The van der Waals surface area contributed by atoms with Crippen LogP contribution in [0.1, 0.15) is 10.4 Å². The number of ether oxygens (including phenoxy) is 1. The molecule has 25 heavy (non-hydrogen) atoms. The molecule has 0 radical (unpaired) electrons. The van der Waals surface area contributed by atoms with Crippen molar-refractivity contribution in [1.82, 2.24) is 30.4 Å².